The van der Waals surface area contributed by atoms with Crippen LogP contribution in [0.15, 0.2) is 61.7 Å². The van der Waals surface area contributed by atoms with E-state index in [-0.39, 0.29) is 0 Å². The molecule has 32 heavy (non-hydrogen) atoms. The Bertz CT molecular complexity index is 1270. The quantitative estimate of drug-likeness (QED) is 0.525. The Labute approximate surface area is 187 Å². The summed E-state index contributed by atoms with van der Waals surface area (Å²) in [5.74, 6) is 1.62. The number of aromatic nitrogens is 5. The van der Waals surface area contributed by atoms with E-state index in [1.165, 1.54) is 0 Å². The molecular weight excluding hydrogens is 400 g/mol. The summed E-state index contributed by atoms with van der Waals surface area (Å²) in [6.45, 7) is 8.14. The van der Waals surface area contributed by atoms with Crippen molar-refractivity contribution in [3.63, 3.8) is 0 Å². The van der Waals surface area contributed by atoms with E-state index in [9.17, 15) is 0 Å². The molecule has 0 saturated carbocycles. The molecule has 162 valence electrons. The second kappa shape index (κ2) is 8.39. The average molecular weight is 427 g/mol. The molecule has 8 nitrogen and oxygen atoms in total. The van der Waals surface area contributed by atoms with Gasteiger partial charge in [0.15, 0.2) is 5.82 Å². The zero-order chi connectivity index (χ0) is 22.1. The number of hydrogen-bond acceptors (Lipinski definition) is 7. The Morgan fingerprint density at radius 3 is 2.56 bits per heavy atom. The first-order valence-corrected chi connectivity index (χ1v) is 10.7. The highest BCUT2D eigenvalue weighted by Gasteiger charge is 2.16. The van der Waals surface area contributed by atoms with E-state index >= 15 is 0 Å². The molecule has 0 unspecified atom stereocenters. The van der Waals surface area contributed by atoms with Crippen LogP contribution in [-0.2, 0) is 7.05 Å². The molecule has 3 aromatic heterocycles. The third-order valence-corrected chi connectivity index (χ3v) is 5.86. The fourth-order valence-electron chi connectivity index (χ4n) is 3.90. The molecule has 0 spiro atoms. The summed E-state index contributed by atoms with van der Waals surface area (Å²) in [7, 11) is 4.06. The van der Waals surface area contributed by atoms with Crippen LogP contribution < -0.4 is 10.2 Å². The standard InChI is InChI=1S/C24H26N8/c1-17(21-12-24(29-26-14-21)32-8-6-30(2)7-9-32)28-23-11-20-10-18(4-5-19(20)13-25-23)22-15-27-31(3)16-22/h4-5,10-16H,1,6-9H2,2-3H3,(H,25,28). The summed E-state index contributed by atoms with van der Waals surface area (Å²) < 4.78 is 1.81. The van der Waals surface area contributed by atoms with Gasteiger partial charge in [-0.25, -0.2) is 4.98 Å². The van der Waals surface area contributed by atoms with E-state index in [0.717, 1.165) is 71.0 Å². The van der Waals surface area contributed by atoms with E-state index in [2.05, 4.69) is 67.2 Å². The zero-order valence-corrected chi connectivity index (χ0v) is 18.4. The van der Waals surface area contributed by atoms with Gasteiger partial charge in [-0.15, -0.1) is 5.10 Å². The second-order valence-corrected chi connectivity index (χ2v) is 8.23. The first-order valence-electron chi connectivity index (χ1n) is 10.7. The van der Waals surface area contributed by atoms with Gasteiger partial charge >= 0.3 is 0 Å². The predicted octanol–water partition coefficient (Wildman–Crippen LogP) is 3.26. The highest BCUT2D eigenvalue weighted by atomic mass is 15.3. The van der Waals surface area contributed by atoms with Gasteiger partial charge in [0, 0.05) is 67.8 Å². The van der Waals surface area contributed by atoms with Crippen molar-refractivity contribution in [1.82, 2.24) is 29.9 Å². The molecular formula is C24H26N8. The van der Waals surface area contributed by atoms with Crippen LogP contribution in [0.4, 0.5) is 11.6 Å². The molecule has 0 aliphatic carbocycles. The number of nitrogens with zero attached hydrogens (tertiary/aromatic N) is 7. The molecule has 1 N–H and O–H groups in total. The van der Waals surface area contributed by atoms with E-state index in [1.54, 1.807) is 6.20 Å². The van der Waals surface area contributed by atoms with Crippen molar-refractivity contribution < 1.29 is 0 Å². The maximum Gasteiger partial charge on any atom is 0.151 e. The lowest BCUT2D eigenvalue weighted by molar-refractivity contribution is 0.312. The molecule has 0 amide bonds. The van der Waals surface area contributed by atoms with Crippen molar-refractivity contribution in [2.75, 3.05) is 43.4 Å². The van der Waals surface area contributed by atoms with E-state index in [1.807, 2.05) is 42.5 Å². The Morgan fingerprint density at radius 2 is 1.78 bits per heavy atom. The van der Waals surface area contributed by atoms with Crippen LogP contribution in [0.5, 0.6) is 0 Å². The normalized spacial score (nSPS) is 14.6. The van der Waals surface area contributed by atoms with Crippen molar-refractivity contribution in [2.45, 2.75) is 0 Å². The van der Waals surface area contributed by atoms with Crippen LogP contribution in [0, 0.1) is 0 Å². The summed E-state index contributed by atoms with van der Waals surface area (Å²) in [5.41, 5.74) is 3.85. The molecule has 1 fully saturated rings. The summed E-state index contributed by atoms with van der Waals surface area (Å²) in [5, 5.41) is 18.3. The van der Waals surface area contributed by atoms with Gasteiger partial charge in [0.25, 0.3) is 0 Å². The van der Waals surface area contributed by atoms with E-state index in [4.69, 9.17) is 0 Å². The SMILES string of the molecule is C=C(Nc1cc2cc(-c3cnn(C)c3)ccc2cn1)c1cnnc(N2CCN(C)CC2)c1. The van der Waals surface area contributed by atoms with Gasteiger partial charge < -0.3 is 15.1 Å². The van der Waals surface area contributed by atoms with Crippen molar-refractivity contribution in [2.24, 2.45) is 7.05 Å². The van der Waals surface area contributed by atoms with Crippen LogP contribution >= 0.6 is 0 Å². The minimum Gasteiger partial charge on any atom is -0.353 e. The van der Waals surface area contributed by atoms with Gasteiger partial charge in [-0.3, -0.25) is 4.68 Å². The highest BCUT2D eigenvalue weighted by Crippen LogP contribution is 2.26. The summed E-state index contributed by atoms with van der Waals surface area (Å²) in [6.07, 6.45) is 7.49. The molecule has 1 saturated heterocycles. The van der Waals surface area contributed by atoms with Gasteiger partial charge in [0.05, 0.1) is 12.4 Å². The Hall–Kier alpha value is -3.78. The zero-order valence-electron chi connectivity index (χ0n) is 18.4. The molecule has 8 heteroatoms. The van der Waals surface area contributed by atoms with Crippen LogP contribution in [0.2, 0.25) is 0 Å². The first kappa shape index (κ1) is 20.1. The lowest BCUT2D eigenvalue weighted by atomic mass is 10.0. The summed E-state index contributed by atoms with van der Waals surface area (Å²) in [4.78, 5) is 9.14. The van der Waals surface area contributed by atoms with Crippen LogP contribution in [0.25, 0.3) is 27.6 Å². The minimum absolute atomic E-state index is 0.740. The molecule has 5 rings (SSSR count). The van der Waals surface area contributed by atoms with Crippen LogP contribution in [-0.4, -0.2) is 63.1 Å². The van der Waals surface area contributed by atoms with Gasteiger partial charge in [-0.05, 0) is 36.2 Å². The number of likely N-dealkylation sites (N-methyl/N-ethyl adjacent to an activating group) is 1. The van der Waals surface area contributed by atoms with Crippen LogP contribution in [0.3, 0.4) is 0 Å². The summed E-state index contributed by atoms with van der Waals surface area (Å²) in [6, 6.07) is 10.4. The van der Waals surface area contributed by atoms with E-state index < -0.39 is 0 Å². The average Bonchev–Trinajstić information content (AvgIpc) is 3.25. The van der Waals surface area contributed by atoms with Gasteiger partial charge in [0.1, 0.15) is 5.82 Å². The molecule has 0 radical (unpaired) electrons. The van der Waals surface area contributed by atoms with E-state index in [0.29, 0.717) is 0 Å². The van der Waals surface area contributed by atoms with Gasteiger partial charge in [-0.1, -0.05) is 18.7 Å². The molecule has 0 bridgehead atoms. The van der Waals surface area contributed by atoms with Gasteiger partial charge in [-0.2, -0.15) is 10.2 Å². The Kier molecular flexibility index (Phi) is 5.28. The minimum atomic E-state index is 0.740. The lowest BCUT2D eigenvalue weighted by Crippen LogP contribution is -2.44. The number of pyridine rings is 1. The maximum absolute atomic E-state index is 4.56. The number of benzene rings is 1. The number of nitrogens with one attached hydrogen (secondary N) is 1. The van der Waals surface area contributed by atoms with Gasteiger partial charge in [0.2, 0.25) is 0 Å². The first-order chi connectivity index (χ1) is 15.5. The summed E-state index contributed by atoms with van der Waals surface area (Å²) >= 11 is 0. The molecule has 0 atom stereocenters. The number of anilines is 2. The van der Waals surface area contributed by atoms with Crippen molar-refractivity contribution in [1.29, 1.82) is 0 Å². The number of fused-ring (bicyclic) bond motifs is 1. The third-order valence-electron chi connectivity index (χ3n) is 5.86. The fraction of sp³-hybridized carbons (Fsp3) is 0.250. The largest absolute Gasteiger partial charge is 0.353 e. The smallest absolute Gasteiger partial charge is 0.151 e. The molecule has 4 aromatic rings. The number of piperazine rings is 1. The van der Waals surface area contributed by atoms with Crippen LogP contribution in [0.1, 0.15) is 5.56 Å². The molecule has 4 heterocycles. The molecule has 1 aliphatic heterocycles. The maximum atomic E-state index is 4.56. The molecule has 1 aromatic carbocycles. The van der Waals surface area contributed by atoms with Crippen molar-refractivity contribution in [3.05, 3.63) is 67.3 Å². The van der Waals surface area contributed by atoms with Crippen molar-refractivity contribution in [3.8, 4) is 11.1 Å². The monoisotopic (exact) mass is 426 g/mol. The fourth-order valence-corrected chi connectivity index (χ4v) is 3.90. The predicted molar refractivity (Wildman–Crippen MR) is 128 cm³/mol. The lowest BCUT2D eigenvalue weighted by Gasteiger charge is -2.33. The number of aryl methyl sites for hydroxylation is 1. The highest BCUT2D eigenvalue weighted by molar-refractivity contribution is 5.89. The number of rotatable bonds is 5. The topological polar surface area (TPSA) is 75.0 Å². The second-order valence-electron chi connectivity index (χ2n) is 8.23. The van der Waals surface area contributed by atoms with Crippen molar-refractivity contribution >= 4 is 28.1 Å². The number of hydrogen-bond donors (Lipinski definition) is 1. The molecule has 1 aliphatic rings. The third kappa shape index (κ3) is 4.17. The Balaban J connectivity index is 1.36. The Morgan fingerprint density at radius 1 is 0.938 bits per heavy atom.